The zero-order valence-corrected chi connectivity index (χ0v) is 17.7. The summed E-state index contributed by atoms with van der Waals surface area (Å²) < 4.78 is 0. The number of hydrogen-bond donors (Lipinski definition) is 2. The Bertz CT molecular complexity index is 357. The molecule has 5 nitrogen and oxygen atoms in total. The first-order valence-electron chi connectivity index (χ1n) is 8.94. The first-order chi connectivity index (χ1) is 11.6. The highest BCUT2D eigenvalue weighted by Gasteiger charge is 2.10. The Balaban J connectivity index is -0.000000157. The molecule has 2 N–H and O–H groups in total. The Kier molecular flexibility index (Phi) is 25.5. The van der Waals surface area contributed by atoms with Gasteiger partial charge in [0.25, 0.3) is 0 Å². The molecule has 25 heavy (non-hydrogen) atoms. The van der Waals surface area contributed by atoms with Crippen molar-refractivity contribution in [3.05, 3.63) is 24.8 Å². The maximum Gasteiger partial charge on any atom is 0.303 e. The Morgan fingerprint density at radius 1 is 1.08 bits per heavy atom. The summed E-state index contributed by atoms with van der Waals surface area (Å²) in [5.41, 5.74) is 1.29. The molecule has 0 fully saturated rings. The van der Waals surface area contributed by atoms with E-state index in [1.54, 1.807) is 13.1 Å². The van der Waals surface area contributed by atoms with Gasteiger partial charge in [-0.15, -0.1) is 0 Å². The van der Waals surface area contributed by atoms with Gasteiger partial charge in [0.05, 0.1) is 6.61 Å². The minimum Gasteiger partial charge on any atom is -0.481 e. The molecule has 1 amide bonds. The zero-order chi connectivity index (χ0) is 21.1. The number of carbonyl (C=O) groups excluding carboxylic acids is 1. The predicted molar refractivity (Wildman–Crippen MR) is 108 cm³/mol. The second-order valence-corrected chi connectivity index (χ2v) is 5.77. The number of amides is 1. The van der Waals surface area contributed by atoms with Gasteiger partial charge in [-0.3, -0.25) is 9.59 Å². The van der Waals surface area contributed by atoms with Crippen molar-refractivity contribution in [3.8, 4) is 0 Å². The van der Waals surface area contributed by atoms with E-state index in [9.17, 15) is 9.59 Å². The fraction of sp³-hybridized carbons (Fsp3) is 0.700. The standard InChI is InChI=1S/C8H15NO4.C8H14.2C2H6/c1-9(5-6-10)7(11)3-2-4-8(12)13;1-6-7(2)8(3,4)5;2*1-2/h10H,2-6H2,1H3,(H,12,13);6H,1-2H2,3-5H3;2*1-2H3. The van der Waals surface area contributed by atoms with Gasteiger partial charge in [-0.25, -0.2) is 0 Å². The maximum absolute atomic E-state index is 11.1. The molecule has 150 valence electrons. The second kappa shape index (κ2) is 20.4. The van der Waals surface area contributed by atoms with E-state index in [1.165, 1.54) is 4.90 Å². The monoisotopic (exact) mass is 359 g/mol. The van der Waals surface area contributed by atoms with Crippen LogP contribution in [0, 0.1) is 5.41 Å². The Labute approximate surface area is 155 Å². The lowest BCUT2D eigenvalue weighted by Gasteiger charge is -2.17. The summed E-state index contributed by atoms with van der Waals surface area (Å²) in [5.74, 6) is -1.02. The number of carbonyl (C=O) groups is 2. The second-order valence-electron chi connectivity index (χ2n) is 5.77. The number of carboxylic acid groups (broad SMARTS) is 1. The quantitative estimate of drug-likeness (QED) is 0.655. The van der Waals surface area contributed by atoms with Crippen LogP contribution in [0.5, 0.6) is 0 Å². The first kappa shape index (κ1) is 31.2. The molecule has 0 rings (SSSR count). The third-order valence-electron chi connectivity index (χ3n) is 2.85. The van der Waals surface area contributed by atoms with Gasteiger partial charge in [0.15, 0.2) is 0 Å². The molecule has 0 aromatic heterocycles. The van der Waals surface area contributed by atoms with Crippen molar-refractivity contribution in [2.45, 2.75) is 67.7 Å². The molecule has 0 radical (unpaired) electrons. The number of allylic oxidation sites excluding steroid dienone is 2. The number of carboxylic acids is 1. The van der Waals surface area contributed by atoms with Crippen molar-refractivity contribution in [2.24, 2.45) is 5.41 Å². The van der Waals surface area contributed by atoms with Crippen LogP contribution < -0.4 is 0 Å². The number of nitrogens with zero attached hydrogens (tertiary/aromatic N) is 1. The highest BCUT2D eigenvalue weighted by molar-refractivity contribution is 5.76. The first-order valence-corrected chi connectivity index (χ1v) is 8.94. The molecular weight excluding hydrogens is 318 g/mol. The van der Waals surface area contributed by atoms with E-state index in [4.69, 9.17) is 10.2 Å². The molecule has 0 spiro atoms. The number of aliphatic hydroxyl groups is 1. The van der Waals surface area contributed by atoms with Gasteiger partial charge in [0, 0.05) is 26.4 Å². The van der Waals surface area contributed by atoms with Crippen LogP contribution in [0.4, 0.5) is 0 Å². The Hall–Kier alpha value is -1.62. The van der Waals surface area contributed by atoms with E-state index >= 15 is 0 Å². The van der Waals surface area contributed by atoms with E-state index in [-0.39, 0.29) is 30.8 Å². The average Bonchev–Trinajstić information content (AvgIpc) is 2.57. The smallest absolute Gasteiger partial charge is 0.303 e. The van der Waals surface area contributed by atoms with Gasteiger partial charge in [-0.05, 0) is 11.8 Å². The largest absolute Gasteiger partial charge is 0.481 e. The van der Waals surface area contributed by atoms with Crippen LogP contribution in [0.1, 0.15) is 67.7 Å². The molecule has 0 saturated carbocycles. The van der Waals surface area contributed by atoms with Gasteiger partial charge >= 0.3 is 5.97 Å². The highest BCUT2D eigenvalue weighted by atomic mass is 16.4. The molecule has 0 aliphatic rings. The van der Waals surface area contributed by atoms with Gasteiger partial charge in [0.2, 0.25) is 5.91 Å². The van der Waals surface area contributed by atoms with Crippen molar-refractivity contribution < 1.29 is 19.8 Å². The molecule has 0 atom stereocenters. The molecule has 0 heterocycles. The van der Waals surface area contributed by atoms with E-state index < -0.39 is 5.97 Å². The third kappa shape index (κ3) is 24.7. The predicted octanol–water partition coefficient (Wildman–Crippen LogP) is 4.52. The van der Waals surface area contributed by atoms with Crippen LogP contribution >= 0.6 is 0 Å². The van der Waals surface area contributed by atoms with Crippen molar-refractivity contribution in [1.82, 2.24) is 4.90 Å². The van der Waals surface area contributed by atoms with Crippen molar-refractivity contribution >= 4 is 11.9 Å². The third-order valence-corrected chi connectivity index (χ3v) is 2.85. The molecule has 0 aliphatic carbocycles. The van der Waals surface area contributed by atoms with Crippen molar-refractivity contribution in [2.75, 3.05) is 20.2 Å². The molecule has 0 aliphatic heterocycles. The zero-order valence-electron chi connectivity index (χ0n) is 17.7. The molecule has 0 aromatic carbocycles. The van der Waals surface area contributed by atoms with E-state index in [0.29, 0.717) is 13.0 Å². The molecular formula is C20H41NO4. The fourth-order valence-electron chi connectivity index (χ4n) is 1.16. The van der Waals surface area contributed by atoms with Crippen LogP contribution in [0.25, 0.3) is 0 Å². The number of hydrogen-bond acceptors (Lipinski definition) is 3. The normalized spacial score (nSPS) is 9.00. The van der Waals surface area contributed by atoms with Crippen LogP contribution in [0.2, 0.25) is 0 Å². The average molecular weight is 360 g/mol. The lowest BCUT2D eigenvalue weighted by atomic mass is 9.88. The lowest BCUT2D eigenvalue weighted by Crippen LogP contribution is -2.29. The van der Waals surface area contributed by atoms with Crippen LogP contribution in [0.3, 0.4) is 0 Å². The van der Waals surface area contributed by atoms with Gasteiger partial charge in [-0.2, -0.15) is 0 Å². The Morgan fingerprint density at radius 2 is 1.52 bits per heavy atom. The van der Waals surface area contributed by atoms with Crippen LogP contribution in [-0.2, 0) is 9.59 Å². The summed E-state index contributed by atoms with van der Waals surface area (Å²) in [6.07, 6.45) is 2.39. The number of aliphatic hydroxyl groups excluding tert-OH is 1. The van der Waals surface area contributed by atoms with Crippen LogP contribution in [0.15, 0.2) is 24.8 Å². The maximum atomic E-state index is 11.1. The summed E-state index contributed by atoms with van der Waals surface area (Å²) in [6.45, 7) is 22.0. The number of rotatable bonds is 7. The summed E-state index contributed by atoms with van der Waals surface area (Å²) in [7, 11) is 1.58. The molecule has 0 aromatic rings. The Morgan fingerprint density at radius 3 is 1.76 bits per heavy atom. The summed E-state index contributed by atoms with van der Waals surface area (Å²) in [6, 6.07) is 0. The van der Waals surface area contributed by atoms with E-state index in [0.717, 1.165) is 5.57 Å². The van der Waals surface area contributed by atoms with E-state index in [2.05, 4.69) is 33.9 Å². The molecule has 0 bridgehead atoms. The molecule has 0 unspecified atom stereocenters. The lowest BCUT2D eigenvalue weighted by molar-refractivity contribution is -0.137. The van der Waals surface area contributed by atoms with Crippen molar-refractivity contribution in [1.29, 1.82) is 0 Å². The van der Waals surface area contributed by atoms with Gasteiger partial charge in [-0.1, -0.05) is 73.3 Å². The number of aliphatic carboxylic acids is 1. The topological polar surface area (TPSA) is 77.8 Å². The van der Waals surface area contributed by atoms with Crippen LogP contribution in [-0.4, -0.2) is 47.2 Å². The van der Waals surface area contributed by atoms with Gasteiger partial charge < -0.3 is 15.1 Å². The molecule has 0 saturated heterocycles. The summed E-state index contributed by atoms with van der Waals surface area (Å²) >= 11 is 0. The SMILES string of the molecule is C=CC(=C)C(C)(C)C.CC.CC.CN(CCO)C(=O)CCCC(=O)O. The minimum atomic E-state index is -0.891. The van der Waals surface area contributed by atoms with E-state index in [1.807, 2.05) is 27.7 Å². The number of likely N-dealkylation sites (N-methyl/N-ethyl adjacent to an activating group) is 1. The van der Waals surface area contributed by atoms with Crippen molar-refractivity contribution in [3.63, 3.8) is 0 Å². The summed E-state index contributed by atoms with van der Waals surface area (Å²) in [5, 5.41) is 16.8. The van der Waals surface area contributed by atoms with Gasteiger partial charge in [0.1, 0.15) is 0 Å². The molecule has 5 heteroatoms. The minimum absolute atomic E-state index is 0.0126. The highest BCUT2D eigenvalue weighted by Crippen LogP contribution is 2.23. The fourth-order valence-corrected chi connectivity index (χ4v) is 1.16. The summed E-state index contributed by atoms with van der Waals surface area (Å²) in [4.78, 5) is 22.6.